The average molecular weight is 481 g/mol. The first-order valence-electron chi connectivity index (χ1n) is 12.1. The third-order valence-corrected chi connectivity index (χ3v) is 7.14. The highest BCUT2D eigenvalue weighted by Crippen LogP contribution is 2.44. The first kappa shape index (κ1) is 24.7. The van der Waals surface area contributed by atoms with Gasteiger partial charge in [-0.2, -0.15) is 0 Å². The van der Waals surface area contributed by atoms with Crippen LogP contribution >= 0.6 is 0 Å². The summed E-state index contributed by atoms with van der Waals surface area (Å²) >= 11 is 0. The van der Waals surface area contributed by atoms with Gasteiger partial charge in [0.25, 0.3) is 5.91 Å². The van der Waals surface area contributed by atoms with Crippen LogP contribution in [-0.4, -0.2) is 66.9 Å². The molecule has 8 nitrogen and oxygen atoms in total. The van der Waals surface area contributed by atoms with Crippen LogP contribution in [0.5, 0.6) is 0 Å². The van der Waals surface area contributed by atoms with Gasteiger partial charge in [-0.05, 0) is 35.1 Å². The standard InChI is InChI=1S/C27H32N2O6/c1-3-23-21(26(31)32)13-15-29(23)25(30)24(34-2)12-14-28-27(33)35-16-22-19-10-6-4-8-17(19)18-9-5-7-11-20(18)22/h4-11,21-24H,3,12-16H2,1-2H3,(H,28,33)(H,31,32). The van der Waals surface area contributed by atoms with Crippen LogP contribution in [0.25, 0.3) is 11.1 Å². The molecule has 35 heavy (non-hydrogen) atoms. The summed E-state index contributed by atoms with van der Waals surface area (Å²) < 4.78 is 10.9. The van der Waals surface area contributed by atoms with Crippen molar-refractivity contribution < 1.29 is 29.0 Å². The first-order chi connectivity index (χ1) is 17.0. The van der Waals surface area contributed by atoms with Gasteiger partial charge in [0.2, 0.25) is 0 Å². The maximum Gasteiger partial charge on any atom is 0.407 e. The topological polar surface area (TPSA) is 105 Å². The second kappa shape index (κ2) is 10.9. The number of hydrogen-bond acceptors (Lipinski definition) is 5. The normalized spacial score (nSPS) is 19.7. The van der Waals surface area contributed by atoms with Gasteiger partial charge < -0.3 is 24.8 Å². The van der Waals surface area contributed by atoms with Crippen LogP contribution in [0.3, 0.4) is 0 Å². The van der Waals surface area contributed by atoms with Crippen molar-refractivity contribution in [2.45, 2.75) is 44.2 Å². The predicted molar refractivity (Wildman–Crippen MR) is 130 cm³/mol. The van der Waals surface area contributed by atoms with E-state index in [9.17, 15) is 19.5 Å². The number of alkyl carbamates (subject to hydrolysis) is 1. The number of methoxy groups -OCH3 is 1. The van der Waals surface area contributed by atoms with Gasteiger partial charge in [0.05, 0.1) is 5.92 Å². The van der Waals surface area contributed by atoms with Crippen LogP contribution in [0.4, 0.5) is 4.79 Å². The Kier molecular flexibility index (Phi) is 7.70. The molecular formula is C27H32N2O6. The Morgan fingerprint density at radius 2 is 1.71 bits per heavy atom. The van der Waals surface area contributed by atoms with Crippen LogP contribution in [0, 0.1) is 5.92 Å². The smallest absolute Gasteiger partial charge is 0.407 e. The number of carboxylic acids is 1. The Hall–Kier alpha value is -3.39. The zero-order valence-electron chi connectivity index (χ0n) is 20.1. The molecule has 2 aromatic carbocycles. The van der Waals surface area contributed by atoms with Gasteiger partial charge in [-0.3, -0.25) is 9.59 Å². The Bertz CT molecular complexity index is 1040. The van der Waals surface area contributed by atoms with Crippen molar-refractivity contribution in [3.8, 4) is 11.1 Å². The number of nitrogens with zero attached hydrogens (tertiary/aromatic N) is 1. The summed E-state index contributed by atoms with van der Waals surface area (Å²) in [4.78, 5) is 38.5. The van der Waals surface area contributed by atoms with E-state index in [1.807, 2.05) is 31.2 Å². The van der Waals surface area contributed by atoms with Crippen molar-refractivity contribution >= 4 is 18.0 Å². The number of nitrogens with one attached hydrogen (secondary N) is 1. The molecule has 1 heterocycles. The lowest BCUT2D eigenvalue weighted by molar-refractivity contribution is -0.146. The van der Waals surface area contributed by atoms with E-state index in [0.717, 1.165) is 22.3 Å². The number of likely N-dealkylation sites (tertiary alicyclic amines) is 1. The fraction of sp³-hybridized carbons (Fsp3) is 0.444. The number of hydrogen-bond donors (Lipinski definition) is 2. The molecule has 0 bridgehead atoms. The minimum atomic E-state index is -0.877. The number of amides is 2. The summed E-state index contributed by atoms with van der Waals surface area (Å²) in [6.07, 6.45) is -0.0341. The molecule has 2 N–H and O–H groups in total. The first-order valence-corrected chi connectivity index (χ1v) is 12.1. The number of carbonyl (C=O) groups excluding carboxylic acids is 2. The quantitative estimate of drug-likeness (QED) is 0.568. The second-order valence-electron chi connectivity index (χ2n) is 9.01. The van der Waals surface area contributed by atoms with Crippen LogP contribution in [0.2, 0.25) is 0 Å². The van der Waals surface area contributed by atoms with Gasteiger partial charge in [-0.1, -0.05) is 55.5 Å². The van der Waals surface area contributed by atoms with E-state index in [2.05, 4.69) is 29.6 Å². The molecule has 8 heteroatoms. The molecule has 0 radical (unpaired) electrons. The largest absolute Gasteiger partial charge is 0.481 e. The van der Waals surface area contributed by atoms with Gasteiger partial charge in [-0.25, -0.2) is 4.79 Å². The molecule has 2 amide bonds. The monoisotopic (exact) mass is 480 g/mol. The summed E-state index contributed by atoms with van der Waals surface area (Å²) in [7, 11) is 1.45. The number of carbonyl (C=O) groups is 3. The summed E-state index contributed by atoms with van der Waals surface area (Å²) in [6.45, 7) is 2.70. The lowest BCUT2D eigenvalue weighted by Crippen LogP contribution is -2.46. The van der Waals surface area contributed by atoms with Crippen LogP contribution in [-0.2, 0) is 19.1 Å². The molecule has 1 aliphatic carbocycles. The fourth-order valence-corrected chi connectivity index (χ4v) is 5.40. The zero-order chi connectivity index (χ0) is 24.9. The zero-order valence-corrected chi connectivity index (χ0v) is 20.1. The van der Waals surface area contributed by atoms with E-state index >= 15 is 0 Å². The molecule has 3 atom stereocenters. The van der Waals surface area contributed by atoms with Gasteiger partial charge >= 0.3 is 12.1 Å². The number of carboxylic acid groups (broad SMARTS) is 1. The van der Waals surface area contributed by atoms with Crippen LogP contribution < -0.4 is 5.32 Å². The number of fused-ring (bicyclic) bond motifs is 3. The Morgan fingerprint density at radius 3 is 2.29 bits per heavy atom. The van der Waals surface area contributed by atoms with Crippen molar-refractivity contribution in [2.24, 2.45) is 5.92 Å². The van der Waals surface area contributed by atoms with Crippen molar-refractivity contribution in [3.63, 3.8) is 0 Å². The molecule has 4 rings (SSSR count). The summed E-state index contributed by atoms with van der Waals surface area (Å²) in [5.41, 5.74) is 4.61. The summed E-state index contributed by atoms with van der Waals surface area (Å²) in [5, 5.41) is 12.1. The molecule has 0 saturated carbocycles. The molecule has 1 fully saturated rings. The third kappa shape index (κ3) is 5.03. The van der Waals surface area contributed by atoms with E-state index in [1.54, 1.807) is 4.90 Å². The van der Waals surface area contributed by atoms with Gasteiger partial charge in [0.15, 0.2) is 0 Å². The molecule has 0 spiro atoms. The minimum Gasteiger partial charge on any atom is -0.481 e. The van der Waals surface area contributed by atoms with E-state index in [0.29, 0.717) is 19.4 Å². The van der Waals surface area contributed by atoms with Crippen molar-refractivity contribution in [1.82, 2.24) is 10.2 Å². The molecule has 1 aliphatic heterocycles. The maximum atomic E-state index is 13.0. The number of ether oxygens (including phenoxy) is 2. The van der Waals surface area contributed by atoms with Gasteiger partial charge in [-0.15, -0.1) is 0 Å². The van der Waals surface area contributed by atoms with E-state index in [1.165, 1.54) is 7.11 Å². The molecule has 3 unspecified atom stereocenters. The fourth-order valence-electron chi connectivity index (χ4n) is 5.40. The number of benzene rings is 2. The van der Waals surface area contributed by atoms with E-state index < -0.39 is 24.1 Å². The Morgan fingerprint density at radius 1 is 1.09 bits per heavy atom. The third-order valence-electron chi connectivity index (χ3n) is 7.14. The molecule has 1 saturated heterocycles. The lowest BCUT2D eigenvalue weighted by atomic mass is 9.98. The average Bonchev–Trinajstić information content (AvgIpc) is 3.44. The molecule has 2 aliphatic rings. The number of aliphatic carboxylic acids is 1. The summed E-state index contributed by atoms with van der Waals surface area (Å²) in [6, 6.07) is 15.9. The van der Waals surface area contributed by atoms with Gasteiger partial charge in [0.1, 0.15) is 12.7 Å². The highest BCUT2D eigenvalue weighted by Gasteiger charge is 2.41. The minimum absolute atomic E-state index is 0.0234. The summed E-state index contributed by atoms with van der Waals surface area (Å²) in [5.74, 6) is -1.69. The van der Waals surface area contributed by atoms with Crippen molar-refractivity contribution in [2.75, 3.05) is 26.8 Å². The predicted octanol–water partition coefficient (Wildman–Crippen LogP) is 3.64. The van der Waals surface area contributed by atoms with Gasteiger partial charge in [0, 0.05) is 38.6 Å². The molecule has 2 aromatic rings. The Balaban J connectivity index is 1.28. The number of rotatable bonds is 9. The Labute approximate surface area is 205 Å². The molecular weight excluding hydrogens is 448 g/mol. The molecule has 0 aromatic heterocycles. The maximum absolute atomic E-state index is 13.0. The van der Waals surface area contributed by atoms with E-state index in [4.69, 9.17) is 9.47 Å². The highest BCUT2D eigenvalue weighted by atomic mass is 16.5. The SMILES string of the molecule is CCC1C(C(=O)O)CCN1C(=O)C(CCNC(=O)OCC1c2ccccc2-c2ccccc21)OC. The van der Waals surface area contributed by atoms with Crippen molar-refractivity contribution in [1.29, 1.82) is 0 Å². The van der Waals surface area contributed by atoms with Crippen molar-refractivity contribution in [3.05, 3.63) is 59.7 Å². The van der Waals surface area contributed by atoms with Crippen LogP contribution in [0.1, 0.15) is 43.2 Å². The highest BCUT2D eigenvalue weighted by molar-refractivity contribution is 5.83. The molecule has 186 valence electrons. The van der Waals surface area contributed by atoms with E-state index in [-0.39, 0.29) is 37.4 Å². The second-order valence-corrected chi connectivity index (χ2v) is 9.01. The lowest BCUT2D eigenvalue weighted by Gasteiger charge is -2.29. The van der Waals surface area contributed by atoms with Crippen LogP contribution in [0.15, 0.2) is 48.5 Å².